The number of hydrogen-bond acceptors (Lipinski definition) is 0. The van der Waals surface area contributed by atoms with Gasteiger partial charge in [-0.2, -0.15) is 0 Å². The third-order valence-electron chi connectivity index (χ3n) is 22.0. The van der Waals surface area contributed by atoms with Crippen LogP contribution in [0.4, 0.5) is 0 Å². The summed E-state index contributed by atoms with van der Waals surface area (Å²) in [5.74, 6) is 22.6. The summed E-state index contributed by atoms with van der Waals surface area (Å²) in [6.07, 6.45) is 52.1. The van der Waals surface area contributed by atoms with Crippen molar-refractivity contribution in [1.82, 2.24) is 0 Å². The molecule has 19 unspecified atom stereocenters. The smallest absolute Gasteiger partial charge is 0.0323 e. The first-order chi connectivity index (χ1) is 25.7. The minimum absolute atomic E-state index is 1.11. The zero-order valence-electron chi connectivity index (χ0n) is 34.2. The monoisotopic (exact) mass is 709 g/mol. The van der Waals surface area contributed by atoms with E-state index in [9.17, 15) is 0 Å². The second-order valence-corrected chi connectivity index (χ2v) is 23.8. The molecule has 0 aliphatic heterocycles. The van der Waals surface area contributed by atoms with Gasteiger partial charge in [-0.1, -0.05) is 116 Å². The van der Waals surface area contributed by atoms with Crippen molar-refractivity contribution in [3.63, 3.8) is 0 Å². The van der Waals surface area contributed by atoms with Crippen LogP contribution in [0.25, 0.3) is 0 Å². The molecule has 0 heterocycles. The third kappa shape index (κ3) is 6.49. The largest absolute Gasteiger partial charge is 0.0533 e. The van der Waals surface area contributed by atoms with Crippen molar-refractivity contribution < 1.29 is 0 Å². The molecular weight excluding hydrogens is 625 g/mol. The van der Waals surface area contributed by atoms with E-state index in [1.807, 2.05) is 0 Å². The zero-order chi connectivity index (χ0) is 34.2. The Morgan fingerprint density at radius 3 is 1.35 bits per heavy atom. The highest BCUT2D eigenvalue weighted by Gasteiger charge is 2.57. The molecule has 0 saturated heterocycles. The summed E-state index contributed by atoms with van der Waals surface area (Å²) < 4.78 is 0. The molecule has 0 aromatic heterocycles. The predicted molar refractivity (Wildman–Crippen MR) is 218 cm³/mol. The average Bonchev–Trinajstić information content (AvgIpc) is 3.77. The minimum Gasteiger partial charge on any atom is -0.0533 e. The van der Waals surface area contributed by atoms with Gasteiger partial charge in [-0.3, -0.25) is 0 Å². The van der Waals surface area contributed by atoms with E-state index in [4.69, 9.17) is 0 Å². The summed E-state index contributed by atoms with van der Waals surface area (Å²) in [6.45, 7) is 0. The normalized spacial score (nSPS) is 55.3. The van der Waals surface area contributed by atoms with E-state index in [2.05, 4.69) is 0 Å². The van der Waals surface area contributed by atoms with Gasteiger partial charge in [0.1, 0.15) is 0 Å². The number of fused-ring (bicyclic) bond motifs is 8. The molecule has 0 aromatic rings. The fraction of sp³-hybridized carbons (Fsp3) is 1.00. The quantitative estimate of drug-likeness (QED) is 0.273. The Kier molecular flexibility index (Phi) is 10.2. The molecule has 0 nitrogen and oxygen atoms in total. The molecule has 0 radical (unpaired) electrons. The Hall–Kier alpha value is 0. The van der Waals surface area contributed by atoms with Gasteiger partial charge < -0.3 is 0 Å². The van der Waals surface area contributed by atoms with Gasteiger partial charge in [0.25, 0.3) is 0 Å². The van der Waals surface area contributed by atoms with Crippen LogP contribution in [0.5, 0.6) is 0 Å². The van der Waals surface area contributed by atoms with Gasteiger partial charge >= 0.3 is 0 Å². The lowest BCUT2D eigenvalue weighted by atomic mass is 9.52. The van der Waals surface area contributed by atoms with E-state index < -0.39 is 0 Å². The third-order valence-corrected chi connectivity index (χ3v) is 22.0. The summed E-state index contributed by atoms with van der Waals surface area (Å²) in [7, 11) is 0. The fourth-order valence-electron chi connectivity index (χ4n) is 20.2. The Morgan fingerprint density at radius 1 is 0.154 bits per heavy atom. The Morgan fingerprint density at radius 2 is 0.519 bits per heavy atom. The van der Waals surface area contributed by atoms with Crippen molar-refractivity contribution >= 4 is 0 Å². The Labute approximate surface area is 322 Å². The van der Waals surface area contributed by atoms with Crippen molar-refractivity contribution in [1.29, 1.82) is 0 Å². The molecule has 0 bridgehead atoms. The average molecular weight is 709 g/mol. The van der Waals surface area contributed by atoms with Gasteiger partial charge in [0.05, 0.1) is 0 Å². The van der Waals surface area contributed by atoms with Crippen LogP contribution in [0.2, 0.25) is 0 Å². The number of rotatable bonds is 4. The first-order valence-corrected chi connectivity index (χ1v) is 25.7. The molecule has 0 aromatic carbocycles. The highest BCUT2D eigenvalue weighted by atomic mass is 14.6. The van der Waals surface area contributed by atoms with Crippen LogP contribution in [0.1, 0.15) is 205 Å². The maximum Gasteiger partial charge on any atom is -0.0323 e. The van der Waals surface area contributed by atoms with Gasteiger partial charge in [0.15, 0.2) is 0 Å². The molecule has 11 fully saturated rings. The van der Waals surface area contributed by atoms with E-state index >= 15 is 0 Å². The fourth-order valence-corrected chi connectivity index (χ4v) is 20.2. The molecule has 0 amide bonds. The summed E-state index contributed by atoms with van der Waals surface area (Å²) >= 11 is 0. The minimum atomic E-state index is 1.11. The first kappa shape index (κ1) is 35.2. The van der Waals surface area contributed by atoms with Crippen LogP contribution in [-0.4, -0.2) is 0 Å². The standard InChI is InChI=1S/C52H84/c1-2-12-34(13-3-1)49-32-43(29-46-30-45-24-36-15-6-7-16-37(36)31-50(45)52(46)49)42-26-41(38-22-21-33-11-4-5-14-35(33)23-38)27-44(28-42)48-20-10-18-40-25-39-17-8-9-19-47(39)51(40)48/h33-52H,1-32H2. The molecule has 11 aliphatic rings. The molecule has 292 valence electrons. The predicted octanol–water partition coefficient (Wildman–Crippen LogP) is 14.9. The van der Waals surface area contributed by atoms with Crippen LogP contribution in [-0.2, 0) is 0 Å². The van der Waals surface area contributed by atoms with Crippen molar-refractivity contribution in [2.24, 2.45) is 118 Å². The van der Waals surface area contributed by atoms with E-state index in [1.165, 1.54) is 0 Å². The van der Waals surface area contributed by atoms with E-state index in [0.29, 0.717) is 0 Å². The van der Waals surface area contributed by atoms with E-state index in [1.54, 1.807) is 205 Å². The van der Waals surface area contributed by atoms with Crippen molar-refractivity contribution in [3.05, 3.63) is 0 Å². The molecule has 0 heteroatoms. The van der Waals surface area contributed by atoms with Crippen molar-refractivity contribution in [2.45, 2.75) is 205 Å². The highest BCUT2D eigenvalue weighted by Crippen LogP contribution is 2.66. The van der Waals surface area contributed by atoms with Crippen LogP contribution in [0.3, 0.4) is 0 Å². The maximum atomic E-state index is 1.71. The molecule has 11 saturated carbocycles. The van der Waals surface area contributed by atoms with Gasteiger partial charge in [-0.25, -0.2) is 0 Å². The van der Waals surface area contributed by atoms with Crippen LogP contribution in [0.15, 0.2) is 0 Å². The summed E-state index contributed by atoms with van der Waals surface area (Å²) in [5.41, 5.74) is 0. The molecule has 0 N–H and O–H groups in total. The summed E-state index contributed by atoms with van der Waals surface area (Å²) in [6, 6.07) is 0. The van der Waals surface area contributed by atoms with Gasteiger partial charge in [-0.15, -0.1) is 0 Å². The lowest BCUT2D eigenvalue weighted by Gasteiger charge is -2.53. The maximum absolute atomic E-state index is 1.71. The van der Waals surface area contributed by atoms with Crippen molar-refractivity contribution in [3.8, 4) is 0 Å². The molecule has 0 spiro atoms. The van der Waals surface area contributed by atoms with Crippen LogP contribution >= 0.6 is 0 Å². The zero-order valence-corrected chi connectivity index (χ0v) is 34.2. The van der Waals surface area contributed by atoms with Crippen molar-refractivity contribution in [2.75, 3.05) is 0 Å². The summed E-state index contributed by atoms with van der Waals surface area (Å²) in [4.78, 5) is 0. The first-order valence-electron chi connectivity index (χ1n) is 25.7. The molecular formula is C52H84. The van der Waals surface area contributed by atoms with Gasteiger partial charge in [-0.05, 0) is 208 Å². The van der Waals surface area contributed by atoms with Crippen LogP contribution < -0.4 is 0 Å². The lowest BCUT2D eigenvalue weighted by Crippen LogP contribution is -2.45. The Balaban J connectivity index is 0.881. The second-order valence-electron chi connectivity index (χ2n) is 23.8. The van der Waals surface area contributed by atoms with Gasteiger partial charge in [0.2, 0.25) is 0 Å². The van der Waals surface area contributed by atoms with E-state index in [-0.39, 0.29) is 0 Å². The second kappa shape index (κ2) is 15.1. The molecule has 19 atom stereocenters. The lowest BCUT2D eigenvalue weighted by molar-refractivity contribution is -0.0375. The molecule has 52 heavy (non-hydrogen) atoms. The Bertz CT molecular complexity index is 1190. The summed E-state index contributed by atoms with van der Waals surface area (Å²) in [5, 5.41) is 0. The molecule has 11 aliphatic carbocycles. The van der Waals surface area contributed by atoms with Gasteiger partial charge in [0, 0.05) is 0 Å². The highest BCUT2D eigenvalue weighted by molar-refractivity contribution is 5.06. The van der Waals surface area contributed by atoms with E-state index in [0.717, 1.165) is 118 Å². The SMILES string of the molecule is C1CCC(C2CC(C3CC(C4CCC5CCCCC5C4)CC(C4CCCC5CC6CCCCC6C54)C3)CC3CC4CC5CCCCC5CC4C32)CC1. The topological polar surface area (TPSA) is 0 Å². The molecule has 11 rings (SSSR count). The number of hydrogen-bond donors (Lipinski definition) is 0. The van der Waals surface area contributed by atoms with Crippen LogP contribution in [0, 0.1) is 118 Å².